The maximum atomic E-state index is 12.7. The minimum Gasteiger partial charge on any atom is -0.263 e. The zero-order chi connectivity index (χ0) is 17.7. The van der Waals surface area contributed by atoms with Crippen LogP contribution in [0.1, 0.15) is 0 Å². The van der Waals surface area contributed by atoms with Crippen LogP contribution in [-0.2, 0) is 14.3 Å². The van der Waals surface area contributed by atoms with E-state index < -0.39 is 39.3 Å². The van der Waals surface area contributed by atoms with Crippen LogP contribution >= 0.6 is 0 Å². The summed E-state index contributed by atoms with van der Waals surface area (Å²) in [5, 5.41) is -7.13. The van der Waals surface area contributed by atoms with Crippen LogP contribution in [0.3, 0.4) is 0 Å². The SMILES string of the molecule is [CH2]OS(=O)(=O)C(F)(F)C(F)(F)C(F)(F)C(F)(F)C(F)(F)F. The van der Waals surface area contributed by atoms with E-state index in [9.17, 15) is 56.7 Å². The van der Waals surface area contributed by atoms with Crippen molar-refractivity contribution in [1.29, 1.82) is 0 Å². The summed E-state index contributed by atoms with van der Waals surface area (Å²) in [6.45, 7) is 0. The van der Waals surface area contributed by atoms with Gasteiger partial charge in [0.05, 0.1) is 7.11 Å². The molecule has 0 bridgehead atoms. The van der Waals surface area contributed by atoms with Gasteiger partial charge in [0.1, 0.15) is 0 Å². The summed E-state index contributed by atoms with van der Waals surface area (Å²) >= 11 is 0. The quantitative estimate of drug-likeness (QED) is 0.557. The van der Waals surface area contributed by atoms with E-state index in [1.54, 1.807) is 7.11 Å². The molecule has 0 saturated heterocycles. The Balaban J connectivity index is 6.27. The summed E-state index contributed by atoms with van der Waals surface area (Å²) in [5.41, 5.74) is 0. The highest BCUT2D eigenvalue weighted by Gasteiger charge is 2.89. The number of hydrogen-bond acceptors (Lipinski definition) is 3. The number of halogens is 11. The zero-order valence-corrected chi connectivity index (χ0v) is 9.81. The molecule has 0 N–H and O–H groups in total. The molecule has 0 aliphatic heterocycles. The Kier molecular flexibility index (Phi) is 4.62. The van der Waals surface area contributed by atoms with E-state index in [0.29, 0.717) is 0 Å². The lowest BCUT2D eigenvalue weighted by atomic mass is 10.0. The minimum absolute atomic E-state index is 1.67. The van der Waals surface area contributed by atoms with Crippen molar-refractivity contribution in [2.24, 2.45) is 0 Å². The van der Waals surface area contributed by atoms with Crippen LogP contribution in [-0.4, -0.2) is 37.6 Å². The molecule has 0 aliphatic rings. The number of alkyl halides is 11. The predicted molar refractivity (Wildman–Crippen MR) is 41.2 cm³/mol. The van der Waals surface area contributed by atoms with Crippen molar-refractivity contribution < 1.29 is 60.9 Å². The van der Waals surface area contributed by atoms with E-state index >= 15 is 0 Å². The van der Waals surface area contributed by atoms with E-state index in [1.165, 1.54) is 0 Å². The second-order valence-corrected chi connectivity index (χ2v) is 4.97. The van der Waals surface area contributed by atoms with E-state index in [0.717, 1.165) is 0 Å². The van der Waals surface area contributed by atoms with Crippen molar-refractivity contribution in [3.63, 3.8) is 0 Å². The zero-order valence-electron chi connectivity index (χ0n) is 9.00. The van der Waals surface area contributed by atoms with Gasteiger partial charge in [-0.25, -0.2) is 0 Å². The van der Waals surface area contributed by atoms with Crippen molar-refractivity contribution in [2.75, 3.05) is 0 Å². The Morgan fingerprint density at radius 2 is 1.00 bits per heavy atom. The molecule has 15 heteroatoms. The van der Waals surface area contributed by atoms with Crippen LogP contribution in [0, 0.1) is 7.11 Å². The van der Waals surface area contributed by atoms with Crippen LogP contribution < -0.4 is 0 Å². The second-order valence-electron chi connectivity index (χ2n) is 3.31. The molecule has 0 atom stereocenters. The second kappa shape index (κ2) is 4.82. The third-order valence-corrected chi connectivity index (χ3v) is 3.17. The van der Waals surface area contributed by atoms with Gasteiger partial charge in [-0.05, 0) is 0 Å². The van der Waals surface area contributed by atoms with E-state index in [1.807, 2.05) is 0 Å². The summed E-state index contributed by atoms with van der Waals surface area (Å²) in [6.07, 6.45) is -7.37. The Hall–Kier alpha value is -0.860. The average Bonchev–Trinajstić information content (AvgIpc) is 2.26. The van der Waals surface area contributed by atoms with Gasteiger partial charge in [-0.2, -0.15) is 56.7 Å². The molecule has 0 fully saturated rings. The molecule has 0 aromatic rings. The van der Waals surface area contributed by atoms with Gasteiger partial charge in [-0.3, -0.25) is 4.18 Å². The fraction of sp³-hybridized carbons (Fsp3) is 0.833. The average molecular weight is 363 g/mol. The van der Waals surface area contributed by atoms with Crippen molar-refractivity contribution >= 4 is 10.1 Å². The highest BCUT2D eigenvalue weighted by atomic mass is 32.2. The van der Waals surface area contributed by atoms with Crippen LogP contribution in [0.5, 0.6) is 0 Å². The van der Waals surface area contributed by atoms with E-state index in [2.05, 4.69) is 4.18 Å². The highest BCUT2D eigenvalue weighted by molar-refractivity contribution is 7.87. The van der Waals surface area contributed by atoms with Crippen molar-refractivity contribution in [3.8, 4) is 0 Å². The molecule has 0 heterocycles. The first-order valence-corrected chi connectivity index (χ1v) is 5.48. The van der Waals surface area contributed by atoms with Gasteiger partial charge in [0.15, 0.2) is 0 Å². The predicted octanol–water partition coefficient (Wildman–Crippen LogP) is 3.19. The molecule has 21 heavy (non-hydrogen) atoms. The third kappa shape index (κ3) is 2.53. The molecule has 0 aromatic carbocycles. The smallest absolute Gasteiger partial charge is 0.263 e. The normalized spacial score (nSPS) is 16.2. The van der Waals surface area contributed by atoms with Crippen LogP contribution in [0.4, 0.5) is 48.3 Å². The lowest BCUT2D eigenvalue weighted by Gasteiger charge is -2.36. The van der Waals surface area contributed by atoms with Crippen molar-refractivity contribution in [1.82, 2.24) is 0 Å². The molecular formula is C6H2F11O3S. The molecule has 0 unspecified atom stereocenters. The van der Waals surface area contributed by atoms with E-state index in [4.69, 9.17) is 0 Å². The molecule has 3 nitrogen and oxygen atoms in total. The molecule has 0 aliphatic carbocycles. The van der Waals surface area contributed by atoms with Gasteiger partial charge in [0.2, 0.25) is 0 Å². The Bertz CT molecular complexity index is 491. The molecule has 0 saturated carbocycles. The number of rotatable bonds is 5. The first-order chi connectivity index (χ1) is 8.81. The monoisotopic (exact) mass is 363 g/mol. The molecule has 0 amide bonds. The Morgan fingerprint density at radius 1 is 0.667 bits per heavy atom. The van der Waals surface area contributed by atoms with Gasteiger partial charge < -0.3 is 0 Å². The van der Waals surface area contributed by atoms with E-state index in [-0.39, 0.29) is 0 Å². The standard InChI is InChI=1S/C6H2F11O3S/c1-20-21(18,19)6(16,17)4(11,12)2(7,8)3(9,10)5(13,14)15/h1H2. The first-order valence-electron chi connectivity index (χ1n) is 4.07. The van der Waals surface area contributed by atoms with Crippen molar-refractivity contribution in [2.45, 2.75) is 29.2 Å². The summed E-state index contributed by atoms with van der Waals surface area (Å²) < 4.78 is 159. The largest absolute Gasteiger partial charge is 0.460 e. The Morgan fingerprint density at radius 3 is 1.24 bits per heavy atom. The molecule has 0 rings (SSSR count). The molecule has 0 spiro atoms. The topological polar surface area (TPSA) is 43.4 Å². The van der Waals surface area contributed by atoms with Crippen LogP contribution in [0.25, 0.3) is 0 Å². The van der Waals surface area contributed by atoms with Crippen LogP contribution in [0.15, 0.2) is 0 Å². The highest BCUT2D eigenvalue weighted by Crippen LogP contribution is 2.58. The van der Waals surface area contributed by atoms with Gasteiger partial charge in [0.25, 0.3) is 0 Å². The lowest BCUT2D eigenvalue weighted by molar-refractivity contribution is -0.413. The minimum atomic E-state index is -7.81. The third-order valence-electron chi connectivity index (χ3n) is 1.98. The summed E-state index contributed by atoms with van der Waals surface area (Å²) in [5.74, 6) is -23.1. The first kappa shape index (κ1) is 20.1. The Labute approximate surface area is 108 Å². The fourth-order valence-electron chi connectivity index (χ4n) is 0.789. The molecule has 1 radical (unpaired) electrons. The number of hydrogen-bond donors (Lipinski definition) is 0. The molecule has 127 valence electrons. The maximum Gasteiger partial charge on any atom is 0.460 e. The van der Waals surface area contributed by atoms with Gasteiger partial charge in [-0.1, -0.05) is 0 Å². The van der Waals surface area contributed by atoms with Gasteiger partial charge in [0, 0.05) is 0 Å². The summed E-state index contributed by atoms with van der Waals surface area (Å²) in [6, 6.07) is 0. The van der Waals surface area contributed by atoms with Gasteiger partial charge >= 0.3 is 39.3 Å². The molecular weight excluding hydrogens is 361 g/mol. The summed E-state index contributed by atoms with van der Waals surface area (Å²) in [4.78, 5) is 0. The molecule has 0 aromatic heterocycles. The van der Waals surface area contributed by atoms with Crippen LogP contribution in [0.2, 0.25) is 0 Å². The van der Waals surface area contributed by atoms with Gasteiger partial charge in [-0.15, -0.1) is 0 Å². The lowest BCUT2D eigenvalue weighted by Crippen LogP contribution is -2.67. The fourth-order valence-corrected chi connectivity index (χ4v) is 1.38. The maximum absolute atomic E-state index is 12.7. The summed E-state index contributed by atoms with van der Waals surface area (Å²) in [7, 11) is -5.35. The van der Waals surface area contributed by atoms with Crippen molar-refractivity contribution in [3.05, 3.63) is 7.11 Å².